The van der Waals surface area contributed by atoms with Crippen LogP contribution in [0.1, 0.15) is 46.0 Å². The highest BCUT2D eigenvalue weighted by molar-refractivity contribution is 4.95. The number of hydrogen-bond donors (Lipinski definition) is 1. The second kappa shape index (κ2) is 8.46. The number of nitrogens with one attached hydrogen (secondary N) is 1. The maximum atomic E-state index is 12.1. The van der Waals surface area contributed by atoms with Gasteiger partial charge in [-0.1, -0.05) is 6.92 Å². The topological polar surface area (TPSA) is 12.0 Å². The molecule has 0 aliphatic heterocycles. The van der Waals surface area contributed by atoms with E-state index in [0.717, 1.165) is 13.0 Å². The summed E-state index contributed by atoms with van der Waals surface area (Å²) in [6, 6.07) is -0.0672. The van der Waals surface area contributed by atoms with E-state index in [1.165, 1.54) is 0 Å². The molecule has 1 nitrogen and oxygen atoms in total. The fourth-order valence-electron chi connectivity index (χ4n) is 1.41. The van der Waals surface area contributed by atoms with Crippen molar-refractivity contribution >= 4 is 0 Å². The fourth-order valence-corrected chi connectivity index (χ4v) is 1.41. The van der Waals surface area contributed by atoms with Crippen molar-refractivity contribution in [2.45, 2.75) is 58.2 Å². The van der Waals surface area contributed by atoms with Gasteiger partial charge < -0.3 is 5.32 Å². The molecule has 1 N–H and O–H groups in total. The molecule has 0 aliphatic carbocycles. The van der Waals surface area contributed by atoms with Crippen LogP contribution < -0.4 is 5.32 Å². The summed E-state index contributed by atoms with van der Waals surface area (Å²) in [5.74, 6) is 5.63. The van der Waals surface area contributed by atoms with Crippen LogP contribution in [0.5, 0.6) is 0 Å². The van der Waals surface area contributed by atoms with Gasteiger partial charge in [-0.15, -0.1) is 11.8 Å². The van der Waals surface area contributed by atoms with Gasteiger partial charge in [-0.25, -0.2) is 0 Å². The first-order valence-electron chi connectivity index (χ1n) is 5.69. The molecule has 0 spiro atoms. The number of halogens is 3. The van der Waals surface area contributed by atoms with E-state index >= 15 is 0 Å². The molecular formula is C12H20F3N. The van der Waals surface area contributed by atoms with Gasteiger partial charge in [0.15, 0.2) is 0 Å². The van der Waals surface area contributed by atoms with Gasteiger partial charge in [-0.3, -0.25) is 0 Å². The van der Waals surface area contributed by atoms with Crippen LogP contribution in [0.15, 0.2) is 0 Å². The molecule has 0 amide bonds. The molecule has 0 aromatic carbocycles. The minimum Gasteiger partial charge on any atom is -0.314 e. The van der Waals surface area contributed by atoms with Crippen molar-refractivity contribution in [1.29, 1.82) is 0 Å². The Labute approximate surface area is 95.8 Å². The van der Waals surface area contributed by atoms with E-state index in [-0.39, 0.29) is 12.5 Å². The van der Waals surface area contributed by atoms with Gasteiger partial charge in [0, 0.05) is 18.9 Å². The molecular weight excluding hydrogens is 215 g/mol. The van der Waals surface area contributed by atoms with E-state index in [9.17, 15) is 13.2 Å². The van der Waals surface area contributed by atoms with Gasteiger partial charge in [0.2, 0.25) is 0 Å². The quantitative estimate of drug-likeness (QED) is 0.666. The molecule has 1 unspecified atom stereocenters. The summed E-state index contributed by atoms with van der Waals surface area (Å²) in [6.07, 6.45) is -2.33. The van der Waals surface area contributed by atoms with Gasteiger partial charge in [-0.05, 0) is 32.7 Å². The highest BCUT2D eigenvalue weighted by Crippen LogP contribution is 2.23. The molecule has 0 heterocycles. The van der Waals surface area contributed by atoms with E-state index in [0.29, 0.717) is 12.8 Å². The first-order valence-corrected chi connectivity index (χ1v) is 5.69. The molecule has 0 fully saturated rings. The van der Waals surface area contributed by atoms with Crippen LogP contribution >= 0.6 is 0 Å². The summed E-state index contributed by atoms with van der Waals surface area (Å²) in [7, 11) is 0. The summed E-state index contributed by atoms with van der Waals surface area (Å²) in [5, 5.41) is 3.13. The van der Waals surface area contributed by atoms with E-state index in [2.05, 4.69) is 17.2 Å². The van der Waals surface area contributed by atoms with E-state index in [4.69, 9.17) is 0 Å². The Kier molecular flexibility index (Phi) is 8.10. The van der Waals surface area contributed by atoms with Crippen molar-refractivity contribution in [3.05, 3.63) is 0 Å². The lowest BCUT2D eigenvalue weighted by Gasteiger charge is -2.18. The van der Waals surface area contributed by atoms with Crippen LogP contribution in [0.3, 0.4) is 0 Å². The molecule has 94 valence electrons. The Morgan fingerprint density at radius 2 is 1.94 bits per heavy atom. The molecule has 0 radical (unpaired) electrons. The van der Waals surface area contributed by atoms with Crippen LogP contribution in [0.2, 0.25) is 0 Å². The predicted molar refractivity (Wildman–Crippen MR) is 60.1 cm³/mol. The molecule has 4 heteroatoms. The highest BCUT2D eigenvalue weighted by Gasteiger charge is 2.27. The Hall–Kier alpha value is -0.690. The van der Waals surface area contributed by atoms with Crippen molar-refractivity contribution in [2.24, 2.45) is 0 Å². The predicted octanol–water partition coefficient (Wildman–Crippen LogP) is 3.50. The standard InChI is InChI=1S/C12H20F3N/c1-3-5-6-7-11(16-10-4-2)8-9-12(13,14)15/h11,16H,4,6-10H2,1-2H3. The van der Waals surface area contributed by atoms with Crippen LogP contribution in [-0.4, -0.2) is 18.8 Å². The molecule has 0 aliphatic rings. The van der Waals surface area contributed by atoms with E-state index in [1.807, 2.05) is 6.92 Å². The largest absolute Gasteiger partial charge is 0.389 e. The zero-order valence-electron chi connectivity index (χ0n) is 9.95. The van der Waals surface area contributed by atoms with Crippen LogP contribution in [0.25, 0.3) is 0 Å². The third-order valence-electron chi connectivity index (χ3n) is 2.25. The zero-order chi connectivity index (χ0) is 12.4. The third kappa shape index (κ3) is 9.85. The zero-order valence-corrected chi connectivity index (χ0v) is 9.95. The molecule has 0 aromatic heterocycles. The van der Waals surface area contributed by atoms with Gasteiger partial charge in [-0.2, -0.15) is 13.2 Å². The molecule has 1 atom stereocenters. The summed E-state index contributed by atoms with van der Waals surface area (Å²) in [4.78, 5) is 0. The lowest BCUT2D eigenvalue weighted by atomic mass is 10.1. The van der Waals surface area contributed by atoms with Gasteiger partial charge in [0.1, 0.15) is 0 Å². The van der Waals surface area contributed by atoms with Gasteiger partial charge in [0.05, 0.1) is 0 Å². The smallest absolute Gasteiger partial charge is 0.314 e. The van der Waals surface area contributed by atoms with Crippen molar-refractivity contribution in [3.63, 3.8) is 0 Å². The first-order chi connectivity index (χ1) is 7.49. The third-order valence-corrected chi connectivity index (χ3v) is 2.25. The van der Waals surface area contributed by atoms with Crippen LogP contribution in [0.4, 0.5) is 13.2 Å². The average Bonchev–Trinajstić information content (AvgIpc) is 2.20. The number of alkyl halides is 3. The van der Waals surface area contributed by atoms with E-state index in [1.54, 1.807) is 6.92 Å². The molecule has 0 bridgehead atoms. The lowest BCUT2D eigenvalue weighted by molar-refractivity contribution is -0.136. The fraction of sp³-hybridized carbons (Fsp3) is 0.833. The average molecular weight is 235 g/mol. The summed E-state index contributed by atoms with van der Waals surface area (Å²) >= 11 is 0. The Bertz CT molecular complexity index is 225. The molecule has 16 heavy (non-hydrogen) atoms. The SMILES string of the molecule is CC#CCCC(CCC(F)(F)F)NCCC. The van der Waals surface area contributed by atoms with Crippen LogP contribution in [-0.2, 0) is 0 Å². The molecule has 0 aromatic rings. The summed E-state index contributed by atoms with van der Waals surface area (Å²) in [6.45, 7) is 4.51. The normalized spacial score (nSPS) is 13.1. The maximum Gasteiger partial charge on any atom is 0.389 e. The molecule has 0 saturated carbocycles. The Morgan fingerprint density at radius 3 is 2.44 bits per heavy atom. The first kappa shape index (κ1) is 15.3. The van der Waals surface area contributed by atoms with Gasteiger partial charge in [0.25, 0.3) is 0 Å². The number of hydrogen-bond acceptors (Lipinski definition) is 1. The Balaban J connectivity index is 3.92. The van der Waals surface area contributed by atoms with Gasteiger partial charge >= 0.3 is 6.18 Å². The lowest BCUT2D eigenvalue weighted by Crippen LogP contribution is -2.31. The van der Waals surface area contributed by atoms with Crippen molar-refractivity contribution in [2.75, 3.05) is 6.54 Å². The minimum atomic E-state index is -4.05. The monoisotopic (exact) mass is 235 g/mol. The minimum absolute atomic E-state index is 0.0672. The van der Waals surface area contributed by atoms with Crippen molar-refractivity contribution < 1.29 is 13.2 Å². The van der Waals surface area contributed by atoms with E-state index < -0.39 is 12.6 Å². The second-order valence-corrected chi connectivity index (χ2v) is 3.77. The number of rotatable bonds is 7. The van der Waals surface area contributed by atoms with Crippen molar-refractivity contribution in [3.8, 4) is 11.8 Å². The van der Waals surface area contributed by atoms with Crippen molar-refractivity contribution in [1.82, 2.24) is 5.32 Å². The van der Waals surface area contributed by atoms with Crippen LogP contribution in [0, 0.1) is 11.8 Å². The second-order valence-electron chi connectivity index (χ2n) is 3.77. The highest BCUT2D eigenvalue weighted by atomic mass is 19.4. The molecule has 0 rings (SSSR count). The summed E-state index contributed by atoms with van der Waals surface area (Å²) < 4.78 is 36.2. The molecule has 0 saturated heterocycles. The summed E-state index contributed by atoms with van der Waals surface area (Å²) in [5.41, 5.74) is 0. The maximum absolute atomic E-state index is 12.1. The Morgan fingerprint density at radius 1 is 1.25 bits per heavy atom.